The van der Waals surface area contributed by atoms with E-state index in [0.29, 0.717) is 6.61 Å². The van der Waals surface area contributed by atoms with Crippen LogP contribution in [-0.2, 0) is 6.61 Å². The molecule has 2 aromatic rings. The van der Waals surface area contributed by atoms with Gasteiger partial charge in [-0.2, -0.15) is 0 Å². The molecule has 4 heteroatoms. The van der Waals surface area contributed by atoms with E-state index in [-0.39, 0.29) is 0 Å². The Morgan fingerprint density at radius 2 is 1.42 bits per heavy atom. The number of hydrogen-bond donors (Lipinski definition) is 0. The molecule has 0 unspecified atom stereocenters. The highest BCUT2D eigenvalue weighted by atomic mass is 16.5. The summed E-state index contributed by atoms with van der Waals surface area (Å²) < 4.78 is 11.6. The maximum Gasteiger partial charge on any atom is 0.120 e. The molecule has 0 amide bonds. The van der Waals surface area contributed by atoms with Crippen molar-refractivity contribution in [3.63, 3.8) is 0 Å². The monoisotopic (exact) mass is 354 g/mol. The Balaban J connectivity index is 1.29. The third-order valence-corrected chi connectivity index (χ3v) is 4.81. The van der Waals surface area contributed by atoms with Crippen molar-refractivity contribution in [2.75, 3.05) is 46.4 Å². The first kappa shape index (κ1) is 18.7. The second-order valence-electron chi connectivity index (χ2n) is 6.95. The fraction of sp³-hybridized carbons (Fsp3) is 0.455. The van der Waals surface area contributed by atoms with Gasteiger partial charge >= 0.3 is 0 Å². The second kappa shape index (κ2) is 10.2. The second-order valence-corrected chi connectivity index (χ2v) is 6.95. The Hall–Kier alpha value is -2.04. The minimum absolute atomic E-state index is 0.591. The van der Waals surface area contributed by atoms with Crippen LogP contribution in [0, 0.1) is 0 Å². The summed E-state index contributed by atoms with van der Waals surface area (Å²) in [4.78, 5) is 4.95. The molecule has 0 aromatic heterocycles. The molecule has 3 rings (SSSR count). The Bertz CT molecular complexity index is 622. The molecule has 26 heavy (non-hydrogen) atoms. The van der Waals surface area contributed by atoms with Crippen molar-refractivity contribution in [1.82, 2.24) is 9.80 Å². The van der Waals surface area contributed by atoms with Gasteiger partial charge in [0, 0.05) is 26.2 Å². The molecular formula is C22H30N2O2. The summed E-state index contributed by atoms with van der Waals surface area (Å²) in [7, 11) is 2.20. The van der Waals surface area contributed by atoms with Crippen LogP contribution in [-0.4, -0.2) is 56.2 Å². The number of hydrogen-bond acceptors (Lipinski definition) is 4. The van der Waals surface area contributed by atoms with Crippen molar-refractivity contribution in [2.45, 2.75) is 19.4 Å². The fourth-order valence-corrected chi connectivity index (χ4v) is 3.07. The maximum atomic E-state index is 5.85. The first-order chi connectivity index (χ1) is 12.8. The van der Waals surface area contributed by atoms with Crippen LogP contribution in [0.2, 0.25) is 0 Å². The molecule has 2 aromatic carbocycles. The summed E-state index contributed by atoms with van der Waals surface area (Å²) in [6.45, 7) is 7.32. The van der Waals surface area contributed by atoms with E-state index in [0.717, 1.165) is 24.5 Å². The highest BCUT2D eigenvalue weighted by Crippen LogP contribution is 2.19. The van der Waals surface area contributed by atoms with E-state index in [1.807, 2.05) is 42.5 Å². The molecule has 0 radical (unpaired) electrons. The molecule has 1 heterocycles. The molecule has 1 aliphatic heterocycles. The number of rotatable bonds is 9. The number of benzene rings is 2. The smallest absolute Gasteiger partial charge is 0.120 e. The molecule has 0 spiro atoms. The number of piperazine rings is 1. The molecule has 1 saturated heterocycles. The quantitative estimate of drug-likeness (QED) is 0.642. The zero-order valence-electron chi connectivity index (χ0n) is 15.8. The average molecular weight is 354 g/mol. The Kier molecular flexibility index (Phi) is 7.35. The molecule has 1 fully saturated rings. The van der Waals surface area contributed by atoms with Crippen LogP contribution < -0.4 is 9.47 Å². The normalized spacial score (nSPS) is 15.7. The van der Waals surface area contributed by atoms with Crippen LogP contribution in [0.3, 0.4) is 0 Å². The molecule has 1 aliphatic rings. The lowest BCUT2D eigenvalue weighted by Gasteiger charge is -2.32. The zero-order chi connectivity index (χ0) is 18.0. The van der Waals surface area contributed by atoms with Gasteiger partial charge in [-0.25, -0.2) is 0 Å². The molecular weight excluding hydrogens is 324 g/mol. The summed E-state index contributed by atoms with van der Waals surface area (Å²) in [6, 6.07) is 18.1. The third-order valence-electron chi connectivity index (χ3n) is 4.81. The van der Waals surface area contributed by atoms with Crippen molar-refractivity contribution >= 4 is 0 Å². The SMILES string of the molecule is CN1CCN(CCCCOc2ccc(OCc3ccccc3)cc2)CC1. The predicted molar refractivity (Wildman–Crippen MR) is 106 cm³/mol. The van der Waals surface area contributed by atoms with Crippen molar-refractivity contribution in [3.8, 4) is 11.5 Å². The van der Waals surface area contributed by atoms with Crippen molar-refractivity contribution in [3.05, 3.63) is 60.2 Å². The maximum absolute atomic E-state index is 5.85. The van der Waals surface area contributed by atoms with Crippen molar-refractivity contribution < 1.29 is 9.47 Å². The largest absolute Gasteiger partial charge is 0.494 e. The van der Waals surface area contributed by atoms with Gasteiger partial charge < -0.3 is 19.3 Å². The van der Waals surface area contributed by atoms with Crippen LogP contribution >= 0.6 is 0 Å². The molecule has 0 atom stereocenters. The van der Waals surface area contributed by atoms with E-state index in [9.17, 15) is 0 Å². The number of likely N-dealkylation sites (N-methyl/N-ethyl adjacent to an activating group) is 1. The average Bonchev–Trinajstić information content (AvgIpc) is 2.69. The van der Waals surface area contributed by atoms with E-state index in [2.05, 4.69) is 29.0 Å². The molecule has 140 valence electrons. The van der Waals surface area contributed by atoms with E-state index in [1.165, 1.54) is 44.7 Å². The minimum atomic E-state index is 0.591. The van der Waals surface area contributed by atoms with Crippen LogP contribution in [0.5, 0.6) is 11.5 Å². The first-order valence-corrected chi connectivity index (χ1v) is 9.60. The topological polar surface area (TPSA) is 24.9 Å². The van der Waals surface area contributed by atoms with E-state index in [4.69, 9.17) is 9.47 Å². The van der Waals surface area contributed by atoms with Gasteiger partial charge in [0.05, 0.1) is 6.61 Å². The van der Waals surface area contributed by atoms with Gasteiger partial charge in [0.1, 0.15) is 18.1 Å². The lowest BCUT2D eigenvalue weighted by molar-refractivity contribution is 0.150. The summed E-state index contributed by atoms with van der Waals surface area (Å²) in [5.41, 5.74) is 1.17. The predicted octanol–water partition coefficient (Wildman–Crippen LogP) is 3.67. The van der Waals surface area contributed by atoms with Crippen LogP contribution in [0.15, 0.2) is 54.6 Å². The summed E-state index contributed by atoms with van der Waals surface area (Å²) in [5, 5.41) is 0. The van der Waals surface area contributed by atoms with Crippen LogP contribution in [0.1, 0.15) is 18.4 Å². The first-order valence-electron chi connectivity index (χ1n) is 9.60. The standard InChI is InChI=1S/C22H30N2O2/c1-23-14-16-24(17-15-23)13-5-6-18-25-21-9-11-22(12-10-21)26-19-20-7-3-2-4-8-20/h2-4,7-12H,5-6,13-19H2,1H3. The zero-order valence-corrected chi connectivity index (χ0v) is 15.8. The van der Waals surface area contributed by atoms with Gasteiger partial charge in [-0.15, -0.1) is 0 Å². The highest BCUT2D eigenvalue weighted by molar-refractivity contribution is 5.31. The van der Waals surface area contributed by atoms with Gasteiger partial charge in [0.25, 0.3) is 0 Å². The molecule has 4 nitrogen and oxygen atoms in total. The lowest BCUT2D eigenvalue weighted by atomic mass is 10.2. The number of nitrogens with zero attached hydrogens (tertiary/aromatic N) is 2. The summed E-state index contributed by atoms with van der Waals surface area (Å²) >= 11 is 0. The van der Waals surface area contributed by atoms with Gasteiger partial charge in [-0.05, 0) is 56.3 Å². The minimum Gasteiger partial charge on any atom is -0.494 e. The van der Waals surface area contributed by atoms with Gasteiger partial charge in [0.15, 0.2) is 0 Å². The third kappa shape index (κ3) is 6.36. The van der Waals surface area contributed by atoms with E-state index in [1.54, 1.807) is 0 Å². The summed E-state index contributed by atoms with van der Waals surface area (Å²) in [6.07, 6.45) is 2.29. The number of unbranched alkanes of at least 4 members (excludes halogenated alkanes) is 1. The van der Waals surface area contributed by atoms with Crippen LogP contribution in [0.4, 0.5) is 0 Å². The lowest BCUT2D eigenvalue weighted by Crippen LogP contribution is -2.44. The van der Waals surface area contributed by atoms with Gasteiger partial charge in [-0.3, -0.25) is 0 Å². The molecule has 0 bridgehead atoms. The van der Waals surface area contributed by atoms with Crippen molar-refractivity contribution in [1.29, 1.82) is 0 Å². The van der Waals surface area contributed by atoms with Gasteiger partial charge in [0.2, 0.25) is 0 Å². The fourth-order valence-electron chi connectivity index (χ4n) is 3.07. The number of ether oxygens (including phenoxy) is 2. The Morgan fingerprint density at radius 3 is 2.12 bits per heavy atom. The molecule has 0 N–H and O–H groups in total. The van der Waals surface area contributed by atoms with E-state index < -0.39 is 0 Å². The summed E-state index contributed by atoms with van der Waals surface area (Å²) in [5.74, 6) is 1.79. The molecule has 0 saturated carbocycles. The van der Waals surface area contributed by atoms with E-state index >= 15 is 0 Å². The van der Waals surface area contributed by atoms with Gasteiger partial charge in [-0.1, -0.05) is 30.3 Å². The Labute approximate surface area is 157 Å². The molecule has 0 aliphatic carbocycles. The van der Waals surface area contributed by atoms with Crippen molar-refractivity contribution in [2.24, 2.45) is 0 Å². The van der Waals surface area contributed by atoms with Crippen LogP contribution in [0.25, 0.3) is 0 Å². The Morgan fingerprint density at radius 1 is 0.769 bits per heavy atom. The highest BCUT2D eigenvalue weighted by Gasteiger charge is 2.12.